The number of amides is 1. The molecule has 2 rings (SSSR count). The van der Waals surface area contributed by atoms with Gasteiger partial charge in [-0.15, -0.1) is 11.8 Å². The van der Waals surface area contributed by atoms with E-state index in [1.165, 1.54) is 29.7 Å². The lowest BCUT2D eigenvalue weighted by molar-refractivity contribution is -0.129. The number of benzene rings is 1. The van der Waals surface area contributed by atoms with Crippen LogP contribution in [0.2, 0.25) is 0 Å². The molecule has 0 saturated heterocycles. The molecule has 104 valence electrons. The molecule has 0 radical (unpaired) electrons. The monoisotopic (exact) mass is 277 g/mol. The molecule has 2 nitrogen and oxygen atoms in total. The lowest BCUT2D eigenvalue weighted by atomic mass is 9.85. The van der Waals surface area contributed by atoms with Gasteiger partial charge in [0.25, 0.3) is 0 Å². The van der Waals surface area contributed by atoms with Gasteiger partial charge in [-0.1, -0.05) is 24.1 Å². The smallest absolute Gasteiger partial charge is 0.235 e. The van der Waals surface area contributed by atoms with Crippen LogP contribution < -0.4 is 0 Å². The van der Waals surface area contributed by atoms with Crippen LogP contribution in [-0.2, 0) is 4.79 Å². The Morgan fingerprint density at radius 2 is 2.00 bits per heavy atom. The van der Waals surface area contributed by atoms with E-state index in [4.69, 9.17) is 0 Å². The van der Waals surface area contributed by atoms with Crippen LogP contribution in [0, 0.1) is 12.8 Å². The zero-order chi connectivity index (χ0) is 13.8. The summed E-state index contributed by atoms with van der Waals surface area (Å²) < 4.78 is 0. The highest BCUT2D eigenvalue weighted by atomic mass is 32.2. The Hall–Kier alpha value is -0.960. The fourth-order valence-corrected chi connectivity index (χ4v) is 3.32. The maximum absolute atomic E-state index is 12.3. The third kappa shape index (κ3) is 4.00. The van der Waals surface area contributed by atoms with E-state index in [0.29, 0.717) is 0 Å². The van der Waals surface area contributed by atoms with Crippen LogP contribution in [0.1, 0.15) is 31.7 Å². The number of aryl methyl sites for hydroxylation is 1. The summed E-state index contributed by atoms with van der Waals surface area (Å²) in [7, 11) is 1.94. The van der Waals surface area contributed by atoms with E-state index in [1.807, 2.05) is 18.9 Å². The number of hydrogen-bond donors (Lipinski definition) is 0. The van der Waals surface area contributed by atoms with Crippen molar-refractivity contribution in [1.82, 2.24) is 4.90 Å². The Kier molecular flexibility index (Phi) is 4.92. The van der Waals surface area contributed by atoms with Gasteiger partial charge in [-0.2, -0.15) is 0 Å². The summed E-state index contributed by atoms with van der Waals surface area (Å²) >= 11 is 1.65. The number of carbonyl (C=O) groups is 1. The molecule has 0 N–H and O–H groups in total. The average molecular weight is 277 g/mol. The van der Waals surface area contributed by atoms with Crippen LogP contribution in [0.15, 0.2) is 29.2 Å². The van der Waals surface area contributed by atoms with Gasteiger partial charge in [-0.05, 0) is 44.7 Å². The van der Waals surface area contributed by atoms with Crippen LogP contribution >= 0.6 is 11.8 Å². The SMILES string of the molecule is Cc1ccc(SC(C)C(=O)N(C)CC2CCC2)cc1. The predicted molar refractivity (Wildman–Crippen MR) is 81.5 cm³/mol. The van der Waals surface area contributed by atoms with Crippen LogP contribution in [0.25, 0.3) is 0 Å². The topological polar surface area (TPSA) is 20.3 Å². The number of thioether (sulfide) groups is 1. The van der Waals surface area contributed by atoms with Crippen LogP contribution in [0.3, 0.4) is 0 Å². The first-order valence-corrected chi connectivity index (χ1v) is 7.92. The molecule has 1 saturated carbocycles. The van der Waals surface area contributed by atoms with Crippen LogP contribution in [0.4, 0.5) is 0 Å². The fourth-order valence-electron chi connectivity index (χ4n) is 2.33. The lowest BCUT2D eigenvalue weighted by Gasteiger charge is -2.31. The second-order valence-corrected chi connectivity index (χ2v) is 7.00. The van der Waals surface area contributed by atoms with Gasteiger partial charge in [-0.3, -0.25) is 4.79 Å². The summed E-state index contributed by atoms with van der Waals surface area (Å²) in [5, 5.41) is -0.00668. The third-order valence-corrected chi connectivity index (χ3v) is 4.91. The van der Waals surface area contributed by atoms with E-state index < -0.39 is 0 Å². The predicted octanol–water partition coefficient (Wildman–Crippen LogP) is 3.73. The van der Waals surface area contributed by atoms with Crippen LogP contribution in [0.5, 0.6) is 0 Å². The Morgan fingerprint density at radius 3 is 2.53 bits per heavy atom. The molecule has 0 spiro atoms. The van der Waals surface area contributed by atoms with Crippen molar-refractivity contribution in [2.45, 2.75) is 43.3 Å². The molecular formula is C16H23NOS. The van der Waals surface area contributed by atoms with Gasteiger partial charge in [0, 0.05) is 18.5 Å². The molecular weight excluding hydrogens is 254 g/mol. The van der Waals surface area contributed by atoms with Crippen molar-refractivity contribution in [3.05, 3.63) is 29.8 Å². The van der Waals surface area contributed by atoms with Gasteiger partial charge in [0.2, 0.25) is 5.91 Å². The second kappa shape index (κ2) is 6.47. The second-order valence-electron chi connectivity index (χ2n) is 5.59. The molecule has 1 aromatic carbocycles. The molecule has 0 heterocycles. The molecule has 0 aromatic heterocycles. The zero-order valence-corrected chi connectivity index (χ0v) is 12.9. The average Bonchev–Trinajstić information content (AvgIpc) is 2.35. The summed E-state index contributed by atoms with van der Waals surface area (Å²) in [6, 6.07) is 8.38. The molecule has 1 aliphatic rings. The first-order valence-electron chi connectivity index (χ1n) is 7.04. The van der Waals surface area contributed by atoms with E-state index in [9.17, 15) is 4.79 Å². The maximum Gasteiger partial charge on any atom is 0.235 e. The molecule has 19 heavy (non-hydrogen) atoms. The van der Waals surface area contributed by atoms with Crippen molar-refractivity contribution in [2.75, 3.05) is 13.6 Å². The summed E-state index contributed by atoms with van der Waals surface area (Å²) in [6.45, 7) is 5.01. The number of carbonyl (C=O) groups excluding carboxylic acids is 1. The maximum atomic E-state index is 12.3. The Balaban J connectivity index is 1.85. The number of hydrogen-bond acceptors (Lipinski definition) is 2. The van der Waals surface area contributed by atoms with Gasteiger partial charge in [0.1, 0.15) is 0 Å². The quantitative estimate of drug-likeness (QED) is 0.764. The van der Waals surface area contributed by atoms with Gasteiger partial charge in [-0.25, -0.2) is 0 Å². The number of nitrogens with zero attached hydrogens (tertiary/aromatic N) is 1. The molecule has 1 atom stereocenters. The zero-order valence-electron chi connectivity index (χ0n) is 12.1. The first-order chi connectivity index (χ1) is 9.06. The van der Waals surface area contributed by atoms with E-state index >= 15 is 0 Å². The Morgan fingerprint density at radius 1 is 1.37 bits per heavy atom. The van der Waals surface area contributed by atoms with Crippen molar-refractivity contribution >= 4 is 17.7 Å². The summed E-state index contributed by atoms with van der Waals surface area (Å²) in [6.07, 6.45) is 3.91. The highest BCUT2D eigenvalue weighted by Crippen LogP contribution is 2.28. The summed E-state index contributed by atoms with van der Waals surface area (Å²) in [5.74, 6) is 0.989. The van der Waals surface area contributed by atoms with Gasteiger partial charge >= 0.3 is 0 Å². The van der Waals surface area contributed by atoms with E-state index in [-0.39, 0.29) is 11.2 Å². The molecule has 3 heteroatoms. The standard InChI is InChI=1S/C16H23NOS/c1-12-7-9-15(10-8-12)19-13(2)16(18)17(3)11-14-5-4-6-14/h7-10,13-14H,4-6,11H2,1-3H3. The summed E-state index contributed by atoms with van der Waals surface area (Å²) in [5.41, 5.74) is 1.26. The van der Waals surface area contributed by atoms with Gasteiger partial charge in [0.15, 0.2) is 0 Å². The molecule has 0 bridgehead atoms. The molecule has 1 aromatic rings. The molecule has 1 aliphatic carbocycles. The van der Waals surface area contributed by atoms with Crippen molar-refractivity contribution in [2.24, 2.45) is 5.92 Å². The number of rotatable bonds is 5. The van der Waals surface area contributed by atoms with Crippen molar-refractivity contribution in [3.63, 3.8) is 0 Å². The fraction of sp³-hybridized carbons (Fsp3) is 0.562. The minimum Gasteiger partial charge on any atom is -0.345 e. The van der Waals surface area contributed by atoms with Crippen molar-refractivity contribution < 1.29 is 4.79 Å². The minimum atomic E-state index is -0.00668. The molecule has 1 amide bonds. The normalized spacial score (nSPS) is 16.8. The van der Waals surface area contributed by atoms with Crippen molar-refractivity contribution in [3.8, 4) is 0 Å². The third-order valence-electron chi connectivity index (χ3n) is 3.81. The van der Waals surface area contributed by atoms with Crippen LogP contribution in [-0.4, -0.2) is 29.6 Å². The Bertz CT molecular complexity index is 425. The molecule has 0 aliphatic heterocycles. The van der Waals surface area contributed by atoms with E-state index in [1.54, 1.807) is 11.8 Å². The first kappa shape index (κ1) is 14.4. The highest BCUT2D eigenvalue weighted by molar-refractivity contribution is 8.00. The van der Waals surface area contributed by atoms with Gasteiger partial charge < -0.3 is 4.90 Å². The van der Waals surface area contributed by atoms with E-state index in [2.05, 4.69) is 31.2 Å². The van der Waals surface area contributed by atoms with Gasteiger partial charge in [0.05, 0.1) is 5.25 Å². The molecule has 1 unspecified atom stereocenters. The highest BCUT2D eigenvalue weighted by Gasteiger charge is 2.24. The lowest BCUT2D eigenvalue weighted by Crippen LogP contribution is -2.38. The van der Waals surface area contributed by atoms with Crippen molar-refractivity contribution in [1.29, 1.82) is 0 Å². The minimum absolute atomic E-state index is 0.00668. The van der Waals surface area contributed by atoms with E-state index in [0.717, 1.165) is 12.5 Å². The largest absolute Gasteiger partial charge is 0.345 e. The Labute approximate surface area is 120 Å². The molecule has 1 fully saturated rings. The summed E-state index contributed by atoms with van der Waals surface area (Å²) in [4.78, 5) is 15.4.